The van der Waals surface area contributed by atoms with Gasteiger partial charge in [0.15, 0.2) is 0 Å². The number of hydrogen-bond acceptors (Lipinski definition) is 4. The van der Waals surface area contributed by atoms with Crippen LogP contribution in [0.4, 0.5) is 0 Å². The van der Waals surface area contributed by atoms with Crippen molar-refractivity contribution >= 4 is 10.0 Å². The van der Waals surface area contributed by atoms with Gasteiger partial charge in [0.25, 0.3) is 0 Å². The van der Waals surface area contributed by atoms with Gasteiger partial charge in [-0.3, -0.25) is 0 Å². The summed E-state index contributed by atoms with van der Waals surface area (Å²) in [7, 11) is -1.64. The standard InChI is InChI=1S/C10H18N2O3S/c1-9-10(4-6-15-9)8-12(2)16(13,14)7-3-5-11/h4,6H,3,5,7-8,11H2,1-2H3. The summed E-state index contributed by atoms with van der Waals surface area (Å²) < 4.78 is 30.0. The lowest BCUT2D eigenvalue weighted by Gasteiger charge is -2.16. The highest BCUT2D eigenvalue weighted by molar-refractivity contribution is 7.89. The van der Waals surface area contributed by atoms with Gasteiger partial charge in [0.05, 0.1) is 12.0 Å². The van der Waals surface area contributed by atoms with Gasteiger partial charge in [0.1, 0.15) is 5.76 Å². The van der Waals surface area contributed by atoms with Crippen LogP contribution in [0.5, 0.6) is 0 Å². The summed E-state index contributed by atoms with van der Waals surface area (Å²) in [5, 5.41) is 0. The van der Waals surface area contributed by atoms with Crippen molar-refractivity contribution in [3.63, 3.8) is 0 Å². The fourth-order valence-electron chi connectivity index (χ4n) is 1.34. The van der Waals surface area contributed by atoms with Gasteiger partial charge < -0.3 is 10.2 Å². The predicted molar refractivity (Wildman–Crippen MR) is 62.4 cm³/mol. The molecule has 0 radical (unpaired) electrons. The summed E-state index contributed by atoms with van der Waals surface area (Å²) in [6.07, 6.45) is 2.04. The molecule has 16 heavy (non-hydrogen) atoms. The predicted octanol–water partition coefficient (Wildman–Crippen LogP) is 0.698. The maximum Gasteiger partial charge on any atom is 0.214 e. The third-order valence-corrected chi connectivity index (χ3v) is 4.32. The zero-order valence-electron chi connectivity index (χ0n) is 9.64. The van der Waals surface area contributed by atoms with Crippen molar-refractivity contribution in [2.75, 3.05) is 19.3 Å². The van der Waals surface area contributed by atoms with Crippen LogP contribution in [0.15, 0.2) is 16.7 Å². The summed E-state index contributed by atoms with van der Waals surface area (Å²) >= 11 is 0. The molecule has 0 atom stereocenters. The lowest BCUT2D eigenvalue weighted by atomic mass is 10.3. The van der Waals surface area contributed by atoms with Crippen LogP contribution in [-0.4, -0.2) is 32.1 Å². The van der Waals surface area contributed by atoms with Crippen LogP contribution >= 0.6 is 0 Å². The SMILES string of the molecule is Cc1occc1CN(C)S(=O)(=O)CCCN. The molecule has 1 rings (SSSR count). The van der Waals surface area contributed by atoms with Crippen LogP contribution in [0.1, 0.15) is 17.7 Å². The summed E-state index contributed by atoms with van der Waals surface area (Å²) in [5.74, 6) is 0.845. The fourth-order valence-corrected chi connectivity index (χ4v) is 2.51. The van der Waals surface area contributed by atoms with E-state index >= 15 is 0 Å². The Hall–Kier alpha value is -0.850. The Bertz CT molecular complexity index is 425. The zero-order valence-corrected chi connectivity index (χ0v) is 10.5. The Morgan fingerprint density at radius 1 is 1.50 bits per heavy atom. The number of nitrogens with two attached hydrogens (primary N) is 1. The minimum absolute atomic E-state index is 0.0941. The summed E-state index contributed by atoms with van der Waals surface area (Å²) in [4.78, 5) is 0. The maximum atomic E-state index is 11.8. The highest BCUT2D eigenvalue weighted by atomic mass is 32.2. The van der Waals surface area contributed by atoms with Gasteiger partial charge in [0.2, 0.25) is 10.0 Å². The average Bonchev–Trinajstić information content (AvgIpc) is 2.61. The fraction of sp³-hybridized carbons (Fsp3) is 0.600. The monoisotopic (exact) mass is 246 g/mol. The molecule has 0 saturated carbocycles. The molecule has 2 N–H and O–H groups in total. The number of furan rings is 1. The van der Waals surface area contributed by atoms with E-state index in [0.717, 1.165) is 11.3 Å². The van der Waals surface area contributed by atoms with Crippen molar-refractivity contribution in [2.45, 2.75) is 19.9 Å². The zero-order chi connectivity index (χ0) is 12.2. The topological polar surface area (TPSA) is 76.5 Å². The molecule has 0 aliphatic heterocycles. The average molecular weight is 246 g/mol. The molecule has 1 aromatic rings. The van der Waals surface area contributed by atoms with Crippen LogP contribution < -0.4 is 5.73 Å². The van der Waals surface area contributed by atoms with Gasteiger partial charge in [-0.05, 0) is 26.0 Å². The molecule has 0 unspecified atom stereocenters. The third-order valence-electron chi connectivity index (χ3n) is 2.44. The molecule has 1 heterocycles. The molecular formula is C10H18N2O3S. The van der Waals surface area contributed by atoms with Crippen LogP contribution in [0.25, 0.3) is 0 Å². The smallest absolute Gasteiger partial charge is 0.214 e. The Morgan fingerprint density at radius 2 is 2.19 bits per heavy atom. The summed E-state index contributed by atoms with van der Waals surface area (Å²) in [6.45, 7) is 2.54. The maximum absolute atomic E-state index is 11.8. The first-order valence-corrected chi connectivity index (χ1v) is 6.75. The molecule has 0 fully saturated rings. The van der Waals surface area contributed by atoms with E-state index in [1.165, 1.54) is 4.31 Å². The normalized spacial score (nSPS) is 12.2. The molecule has 0 saturated heterocycles. The van der Waals surface area contributed by atoms with E-state index in [1.807, 2.05) is 6.92 Å². The Balaban J connectivity index is 2.65. The molecule has 0 spiro atoms. The second-order valence-electron chi connectivity index (χ2n) is 3.72. The molecule has 0 aliphatic rings. The van der Waals surface area contributed by atoms with Crippen LogP contribution in [0, 0.1) is 6.92 Å². The second kappa shape index (κ2) is 5.47. The van der Waals surface area contributed by atoms with E-state index in [0.29, 0.717) is 19.5 Å². The lowest BCUT2D eigenvalue weighted by Crippen LogP contribution is -2.29. The van der Waals surface area contributed by atoms with Gasteiger partial charge >= 0.3 is 0 Å². The first-order valence-electron chi connectivity index (χ1n) is 5.14. The number of nitrogens with zero attached hydrogens (tertiary/aromatic N) is 1. The molecule has 5 nitrogen and oxygen atoms in total. The second-order valence-corrected chi connectivity index (χ2v) is 5.91. The van der Waals surface area contributed by atoms with Crippen molar-refractivity contribution in [3.8, 4) is 0 Å². The molecular weight excluding hydrogens is 228 g/mol. The summed E-state index contributed by atoms with van der Waals surface area (Å²) in [6, 6.07) is 1.78. The van der Waals surface area contributed by atoms with Crippen molar-refractivity contribution in [1.82, 2.24) is 4.31 Å². The number of aryl methyl sites for hydroxylation is 1. The van der Waals surface area contributed by atoms with E-state index < -0.39 is 10.0 Å². The van der Waals surface area contributed by atoms with E-state index in [9.17, 15) is 8.42 Å². The quantitative estimate of drug-likeness (QED) is 0.801. The molecule has 6 heteroatoms. The van der Waals surface area contributed by atoms with Gasteiger partial charge in [-0.2, -0.15) is 0 Å². The van der Waals surface area contributed by atoms with Crippen LogP contribution in [0.2, 0.25) is 0 Å². The minimum Gasteiger partial charge on any atom is -0.469 e. The molecule has 92 valence electrons. The van der Waals surface area contributed by atoms with Crippen molar-refractivity contribution in [3.05, 3.63) is 23.7 Å². The molecule has 0 aromatic carbocycles. The van der Waals surface area contributed by atoms with Gasteiger partial charge in [-0.15, -0.1) is 0 Å². The largest absolute Gasteiger partial charge is 0.469 e. The minimum atomic E-state index is -3.20. The highest BCUT2D eigenvalue weighted by Crippen LogP contribution is 2.13. The van der Waals surface area contributed by atoms with E-state index in [-0.39, 0.29) is 5.75 Å². The Morgan fingerprint density at radius 3 is 2.69 bits per heavy atom. The van der Waals surface area contributed by atoms with Crippen LogP contribution in [-0.2, 0) is 16.6 Å². The van der Waals surface area contributed by atoms with Gasteiger partial charge in [0, 0.05) is 19.2 Å². The molecule has 0 aliphatic carbocycles. The first-order chi connectivity index (χ1) is 7.47. The Kier molecular flexibility index (Phi) is 4.52. The van der Waals surface area contributed by atoms with Gasteiger partial charge in [-0.1, -0.05) is 0 Å². The van der Waals surface area contributed by atoms with E-state index in [2.05, 4.69) is 0 Å². The van der Waals surface area contributed by atoms with Crippen molar-refractivity contribution < 1.29 is 12.8 Å². The molecule has 0 bridgehead atoms. The number of hydrogen-bond donors (Lipinski definition) is 1. The van der Waals surface area contributed by atoms with Crippen molar-refractivity contribution in [1.29, 1.82) is 0 Å². The lowest BCUT2D eigenvalue weighted by molar-refractivity contribution is 0.458. The van der Waals surface area contributed by atoms with Crippen molar-refractivity contribution in [2.24, 2.45) is 5.73 Å². The first kappa shape index (κ1) is 13.2. The van der Waals surface area contributed by atoms with Gasteiger partial charge in [-0.25, -0.2) is 12.7 Å². The van der Waals surface area contributed by atoms with E-state index in [1.54, 1.807) is 19.4 Å². The van der Waals surface area contributed by atoms with E-state index in [4.69, 9.17) is 10.2 Å². The van der Waals surface area contributed by atoms with Crippen LogP contribution in [0.3, 0.4) is 0 Å². The highest BCUT2D eigenvalue weighted by Gasteiger charge is 2.18. The third kappa shape index (κ3) is 3.33. The summed E-state index contributed by atoms with van der Waals surface area (Å²) in [5.41, 5.74) is 6.19. The molecule has 0 amide bonds. The number of rotatable bonds is 6. The molecule has 1 aromatic heterocycles. The number of sulfonamides is 1. The Labute approximate surface area is 96.3 Å².